The number of nitrogen functional groups attached to an aromatic ring is 3. The Hall–Kier alpha value is -1.42. The minimum Gasteiger partial charge on any atom is -0.368 e. The molecule has 0 spiro atoms. The van der Waals surface area contributed by atoms with Crippen LogP contribution in [-0.2, 0) is 0 Å². The van der Waals surface area contributed by atoms with E-state index in [1.54, 1.807) is 0 Å². The predicted molar refractivity (Wildman–Crippen MR) is 81.9 cm³/mol. The number of nitrogens with two attached hydrogens (primary N) is 5. The van der Waals surface area contributed by atoms with Crippen molar-refractivity contribution in [2.45, 2.75) is 25.7 Å². The van der Waals surface area contributed by atoms with Crippen molar-refractivity contribution >= 4 is 30.3 Å². The van der Waals surface area contributed by atoms with E-state index in [1.165, 1.54) is 12.8 Å². The van der Waals surface area contributed by atoms with Gasteiger partial charge in [0.1, 0.15) is 0 Å². The summed E-state index contributed by atoms with van der Waals surface area (Å²) in [6, 6.07) is 0. The molecule has 10 heteroatoms. The van der Waals surface area contributed by atoms with Crippen molar-refractivity contribution in [3.8, 4) is 0 Å². The lowest BCUT2D eigenvalue weighted by Crippen LogP contribution is -2.05. The van der Waals surface area contributed by atoms with Crippen molar-refractivity contribution < 1.29 is 0 Å². The van der Waals surface area contributed by atoms with Gasteiger partial charge in [-0.1, -0.05) is 12.8 Å². The van der Waals surface area contributed by atoms with Gasteiger partial charge in [-0.3, -0.25) is 0 Å². The second-order valence-corrected chi connectivity index (χ2v) is 3.40. The summed E-state index contributed by atoms with van der Waals surface area (Å²) in [6.45, 7) is 1.65. The van der Waals surface area contributed by atoms with Crippen LogP contribution in [0.4, 0.5) is 17.8 Å². The maximum Gasteiger partial charge on any atom is 0.226 e. The molecule has 0 aliphatic heterocycles. The Morgan fingerprint density at radius 3 is 1.11 bits per heavy atom. The van der Waals surface area contributed by atoms with Crippen molar-refractivity contribution in [1.82, 2.24) is 21.1 Å². The summed E-state index contributed by atoms with van der Waals surface area (Å²) in [4.78, 5) is 10.5. The van der Waals surface area contributed by atoms with Crippen molar-refractivity contribution in [2.75, 3.05) is 30.3 Å². The average Bonchev–Trinajstić information content (AvgIpc) is 2.23. The minimum atomic E-state index is 0. The van der Waals surface area contributed by atoms with Crippen molar-refractivity contribution in [2.24, 2.45) is 11.5 Å². The number of anilines is 3. The van der Waals surface area contributed by atoms with Crippen LogP contribution in [0.3, 0.4) is 0 Å². The van der Waals surface area contributed by atoms with Gasteiger partial charge in [0.05, 0.1) is 0 Å². The van der Waals surface area contributed by atoms with E-state index in [4.69, 9.17) is 28.7 Å². The van der Waals surface area contributed by atoms with Crippen LogP contribution in [0.2, 0.25) is 0 Å². The Kier molecular flexibility index (Phi) is 17.5. The molecule has 1 heterocycles. The molecule has 0 amide bonds. The number of halogens is 1. The van der Waals surface area contributed by atoms with Crippen LogP contribution in [0, 0.1) is 0 Å². The number of hydrogen-bond acceptors (Lipinski definition) is 9. The smallest absolute Gasteiger partial charge is 0.226 e. The van der Waals surface area contributed by atoms with Crippen LogP contribution < -0.4 is 34.8 Å². The van der Waals surface area contributed by atoms with Gasteiger partial charge in [0, 0.05) is 0 Å². The zero-order valence-corrected chi connectivity index (χ0v) is 11.9. The summed E-state index contributed by atoms with van der Waals surface area (Å²) < 4.78 is 0. The summed E-state index contributed by atoms with van der Waals surface area (Å²) in [5.74, 6) is 0.125. The molecule has 1 aromatic rings. The Labute approximate surface area is 119 Å². The van der Waals surface area contributed by atoms with Crippen LogP contribution in [0.15, 0.2) is 0 Å². The zero-order chi connectivity index (χ0) is 13.1. The molecule has 13 N–H and O–H groups in total. The van der Waals surface area contributed by atoms with Gasteiger partial charge in [-0.2, -0.15) is 15.0 Å². The SMILES string of the molecule is Cl.N.NCCCCCCN.Nc1nc(N)nc(N)n1. The van der Waals surface area contributed by atoms with E-state index in [2.05, 4.69) is 15.0 Å². The number of hydrogen-bond donors (Lipinski definition) is 6. The lowest BCUT2D eigenvalue weighted by Gasteiger charge is -1.94. The first-order chi connectivity index (χ1) is 8.10. The summed E-state index contributed by atoms with van der Waals surface area (Å²) in [5.41, 5.74) is 26.0. The molecule has 0 fully saturated rings. The molecule has 0 aliphatic carbocycles. The predicted octanol–water partition coefficient (Wildman–Crippen LogP) is -0.334. The van der Waals surface area contributed by atoms with Crippen LogP contribution in [0.25, 0.3) is 0 Å². The first-order valence-electron chi connectivity index (χ1n) is 5.52. The maximum absolute atomic E-state index is 5.28. The second kappa shape index (κ2) is 14.6. The molecule has 0 saturated heterocycles. The Morgan fingerprint density at radius 1 is 0.632 bits per heavy atom. The standard InChI is InChI=1S/C6H16N2.C3H6N6.ClH.H3N/c7-5-3-1-2-4-6-8;4-1-7-2(5)9-3(6)8-1;;/h1-8H2;(H6,4,5,6,7,8,9);1H;1H3. The molecule has 0 unspecified atom stereocenters. The third kappa shape index (κ3) is 14.5. The number of aromatic nitrogens is 3. The molecule has 9 nitrogen and oxygen atoms in total. The Morgan fingerprint density at radius 2 is 0.895 bits per heavy atom. The highest BCUT2D eigenvalue weighted by Gasteiger charge is 1.93. The highest BCUT2D eigenvalue weighted by Crippen LogP contribution is 1.97. The quantitative estimate of drug-likeness (QED) is 0.392. The van der Waals surface area contributed by atoms with E-state index >= 15 is 0 Å². The minimum absolute atomic E-state index is 0. The summed E-state index contributed by atoms with van der Waals surface area (Å²) in [6.07, 6.45) is 4.79. The van der Waals surface area contributed by atoms with Crippen LogP contribution in [0.1, 0.15) is 25.7 Å². The molecule has 0 aliphatic rings. The van der Waals surface area contributed by atoms with E-state index in [0.29, 0.717) is 0 Å². The summed E-state index contributed by atoms with van der Waals surface area (Å²) in [7, 11) is 0. The fourth-order valence-electron chi connectivity index (χ4n) is 1.07. The largest absolute Gasteiger partial charge is 0.368 e. The van der Waals surface area contributed by atoms with Crippen molar-refractivity contribution in [3.63, 3.8) is 0 Å². The van der Waals surface area contributed by atoms with Gasteiger partial charge in [-0.25, -0.2) is 0 Å². The fraction of sp³-hybridized carbons (Fsp3) is 0.667. The van der Waals surface area contributed by atoms with Crippen LogP contribution in [-0.4, -0.2) is 28.0 Å². The van der Waals surface area contributed by atoms with E-state index in [9.17, 15) is 0 Å². The monoisotopic (exact) mass is 295 g/mol. The number of nitrogens with zero attached hydrogens (tertiary/aromatic N) is 3. The Balaban J connectivity index is -0.000000246. The molecule has 19 heavy (non-hydrogen) atoms. The highest BCUT2D eigenvalue weighted by molar-refractivity contribution is 5.85. The average molecular weight is 296 g/mol. The Bertz CT molecular complexity index is 253. The fourth-order valence-corrected chi connectivity index (χ4v) is 1.07. The first-order valence-corrected chi connectivity index (χ1v) is 5.52. The molecule has 0 radical (unpaired) electrons. The van der Waals surface area contributed by atoms with Gasteiger partial charge in [0.15, 0.2) is 0 Å². The van der Waals surface area contributed by atoms with Crippen LogP contribution in [0.5, 0.6) is 0 Å². The van der Waals surface area contributed by atoms with Gasteiger partial charge >= 0.3 is 0 Å². The molecule has 0 aromatic carbocycles. The molecular formula is C9H26ClN9. The van der Waals surface area contributed by atoms with E-state index < -0.39 is 0 Å². The van der Waals surface area contributed by atoms with E-state index in [0.717, 1.165) is 25.9 Å². The van der Waals surface area contributed by atoms with Gasteiger partial charge in [0.25, 0.3) is 0 Å². The van der Waals surface area contributed by atoms with Gasteiger partial charge < -0.3 is 34.8 Å². The third-order valence-electron chi connectivity index (χ3n) is 1.85. The lowest BCUT2D eigenvalue weighted by atomic mass is 10.2. The third-order valence-corrected chi connectivity index (χ3v) is 1.85. The number of unbranched alkanes of at least 4 members (excludes halogenated alkanes) is 3. The van der Waals surface area contributed by atoms with Crippen LogP contribution >= 0.6 is 12.4 Å². The molecule has 1 aromatic heterocycles. The van der Waals surface area contributed by atoms with Gasteiger partial charge in [0.2, 0.25) is 17.8 Å². The topological polar surface area (TPSA) is 204 Å². The van der Waals surface area contributed by atoms with Crippen molar-refractivity contribution in [1.29, 1.82) is 0 Å². The highest BCUT2D eigenvalue weighted by atomic mass is 35.5. The molecule has 0 saturated carbocycles. The van der Waals surface area contributed by atoms with Gasteiger partial charge in [-0.15, -0.1) is 12.4 Å². The van der Waals surface area contributed by atoms with Crippen molar-refractivity contribution in [3.05, 3.63) is 0 Å². The summed E-state index contributed by atoms with van der Waals surface area (Å²) in [5, 5.41) is 0. The summed E-state index contributed by atoms with van der Waals surface area (Å²) >= 11 is 0. The molecule has 0 bridgehead atoms. The zero-order valence-electron chi connectivity index (χ0n) is 11.1. The van der Waals surface area contributed by atoms with E-state index in [-0.39, 0.29) is 36.4 Å². The first kappa shape index (κ1) is 22.7. The maximum atomic E-state index is 5.28. The van der Waals surface area contributed by atoms with Gasteiger partial charge in [-0.05, 0) is 25.9 Å². The lowest BCUT2D eigenvalue weighted by molar-refractivity contribution is 0.653. The molecule has 1 rings (SSSR count). The number of rotatable bonds is 5. The molecule has 114 valence electrons. The second-order valence-electron chi connectivity index (χ2n) is 3.40. The molecule has 0 atom stereocenters. The van der Waals surface area contributed by atoms with E-state index in [1.807, 2.05) is 0 Å². The molecular weight excluding hydrogens is 270 g/mol. The normalized spacial score (nSPS) is 8.53.